The van der Waals surface area contributed by atoms with E-state index in [0.717, 1.165) is 31.4 Å². The van der Waals surface area contributed by atoms with Crippen LogP contribution in [0.25, 0.3) is 0 Å². The van der Waals surface area contributed by atoms with E-state index in [9.17, 15) is 8.42 Å². The van der Waals surface area contributed by atoms with Crippen molar-refractivity contribution in [1.29, 1.82) is 0 Å². The second-order valence-electron chi connectivity index (χ2n) is 5.65. The first-order valence-corrected chi connectivity index (χ1v) is 9.16. The lowest BCUT2D eigenvalue weighted by atomic mass is 9.99. The van der Waals surface area contributed by atoms with Gasteiger partial charge >= 0.3 is 0 Å². The van der Waals surface area contributed by atoms with Gasteiger partial charge in [0, 0.05) is 30.8 Å². The SMILES string of the molecule is CS(=O)(=O)c1cn[nH]c1C1CCCCN1Cc1cncnc1. The summed E-state index contributed by atoms with van der Waals surface area (Å²) < 4.78 is 23.8. The van der Waals surface area contributed by atoms with Gasteiger partial charge in [-0.1, -0.05) is 6.42 Å². The van der Waals surface area contributed by atoms with Gasteiger partial charge in [0.25, 0.3) is 0 Å². The molecular weight excluding hydrogens is 302 g/mol. The maximum Gasteiger partial charge on any atom is 0.178 e. The molecule has 1 N–H and O–H groups in total. The number of nitrogens with one attached hydrogen (secondary N) is 1. The number of likely N-dealkylation sites (tertiary alicyclic amines) is 1. The highest BCUT2D eigenvalue weighted by atomic mass is 32.2. The Hall–Kier alpha value is -1.80. The number of H-pyrrole nitrogens is 1. The van der Waals surface area contributed by atoms with E-state index in [1.54, 1.807) is 12.4 Å². The number of sulfone groups is 1. The van der Waals surface area contributed by atoms with Gasteiger partial charge in [-0.2, -0.15) is 5.10 Å². The Kier molecular flexibility index (Phi) is 4.21. The molecule has 2 aromatic heterocycles. The van der Waals surface area contributed by atoms with Crippen LogP contribution in [0.1, 0.15) is 36.6 Å². The van der Waals surface area contributed by atoms with Gasteiger partial charge in [0.15, 0.2) is 9.84 Å². The van der Waals surface area contributed by atoms with Crippen molar-refractivity contribution in [3.8, 4) is 0 Å². The van der Waals surface area contributed by atoms with Crippen LogP contribution in [0.15, 0.2) is 29.8 Å². The second kappa shape index (κ2) is 6.13. The van der Waals surface area contributed by atoms with Crippen LogP contribution in [0.4, 0.5) is 0 Å². The molecule has 0 aliphatic carbocycles. The standard InChI is InChI=1S/C14H19N5O2S/c1-22(20,21)13-8-17-18-14(13)12-4-2-3-5-19(12)9-11-6-15-10-16-7-11/h6-8,10,12H,2-5,9H2,1H3,(H,17,18). The molecule has 1 aliphatic heterocycles. The van der Waals surface area contributed by atoms with Crippen molar-refractivity contribution in [3.63, 3.8) is 0 Å². The lowest BCUT2D eigenvalue weighted by Gasteiger charge is -2.35. The number of aromatic amines is 1. The fourth-order valence-electron chi connectivity index (χ4n) is 2.97. The van der Waals surface area contributed by atoms with E-state index in [4.69, 9.17) is 0 Å². The summed E-state index contributed by atoms with van der Waals surface area (Å²) in [7, 11) is -3.28. The van der Waals surface area contributed by atoms with Crippen molar-refractivity contribution in [2.75, 3.05) is 12.8 Å². The third kappa shape index (κ3) is 3.17. The van der Waals surface area contributed by atoms with Crippen LogP contribution in [0.3, 0.4) is 0 Å². The first kappa shape index (κ1) is 15.1. The van der Waals surface area contributed by atoms with Crippen molar-refractivity contribution in [3.05, 3.63) is 36.2 Å². The third-order valence-corrected chi connectivity index (χ3v) is 5.10. The highest BCUT2D eigenvalue weighted by molar-refractivity contribution is 7.90. The number of hydrogen-bond donors (Lipinski definition) is 1. The molecule has 1 atom stereocenters. The van der Waals surface area contributed by atoms with Gasteiger partial charge in [-0.25, -0.2) is 18.4 Å². The molecule has 0 bridgehead atoms. The first-order valence-electron chi connectivity index (χ1n) is 7.27. The van der Waals surface area contributed by atoms with Crippen LogP contribution in [0, 0.1) is 0 Å². The molecule has 0 saturated carbocycles. The molecule has 1 fully saturated rings. The minimum atomic E-state index is -3.28. The topological polar surface area (TPSA) is 91.8 Å². The largest absolute Gasteiger partial charge is 0.290 e. The molecule has 8 heteroatoms. The van der Waals surface area contributed by atoms with Crippen molar-refractivity contribution in [2.24, 2.45) is 0 Å². The first-order chi connectivity index (χ1) is 10.6. The van der Waals surface area contributed by atoms with Crippen molar-refractivity contribution in [1.82, 2.24) is 25.1 Å². The average molecular weight is 321 g/mol. The zero-order valence-electron chi connectivity index (χ0n) is 12.4. The Morgan fingerprint density at radius 1 is 1.27 bits per heavy atom. The van der Waals surface area contributed by atoms with Crippen LogP contribution < -0.4 is 0 Å². The predicted molar refractivity (Wildman–Crippen MR) is 80.7 cm³/mol. The average Bonchev–Trinajstić information content (AvgIpc) is 2.98. The van der Waals surface area contributed by atoms with Crippen LogP contribution in [-0.4, -0.2) is 46.3 Å². The Bertz CT molecular complexity index is 729. The monoisotopic (exact) mass is 321 g/mol. The second-order valence-corrected chi connectivity index (χ2v) is 7.63. The number of hydrogen-bond acceptors (Lipinski definition) is 6. The number of rotatable bonds is 4. The number of aromatic nitrogens is 4. The molecule has 1 unspecified atom stereocenters. The Morgan fingerprint density at radius 3 is 2.77 bits per heavy atom. The van der Waals surface area contributed by atoms with E-state index in [-0.39, 0.29) is 6.04 Å². The minimum Gasteiger partial charge on any atom is -0.290 e. The third-order valence-electron chi connectivity index (χ3n) is 3.98. The van der Waals surface area contributed by atoms with E-state index in [1.165, 1.54) is 18.8 Å². The van der Waals surface area contributed by atoms with Gasteiger partial charge in [0.2, 0.25) is 0 Å². The van der Waals surface area contributed by atoms with Crippen LogP contribution in [0.2, 0.25) is 0 Å². The fourth-order valence-corrected chi connectivity index (χ4v) is 3.80. The van der Waals surface area contributed by atoms with E-state index in [2.05, 4.69) is 25.1 Å². The lowest BCUT2D eigenvalue weighted by Crippen LogP contribution is -2.34. The smallest absolute Gasteiger partial charge is 0.178 e. The summed E-state index contributed by atoms with van der Waals surface area (Å²) >= 11 is 0. The zero-order valence-corrected chi connectivity index (χ0v) is 13.3. The van der Waals surface area contributed by atoms with E-state index in [1.807, 2.05) is 0 Å². The summed E-state index contributed by atoms with van der Waals surface area (Å²) in [6, 6.07) is 0.0289. The molecule has 3 rings (SSSR count). The van der Waals surface area contributed by atoms with Crippen LogP contribution >= 0.6 is 0 Å². The zero-order chi connectivity index (χ0) is 15.6. The van der Waals surface area contributed by atoms with Crippen molar-refractivity contribution in [2.45, 2.75) is 36.7 Å². The number of nitrogens with zero attached hydrogens (tertiary/aromatic N) is 4. The van der Waals surface area contributed by atoms with Gasteiger partial charge in [0.05, 0.1) is 17.9 Å². The minimum absolute atomic E-state index is 0.0289. The summed E-state index contributed by atoms with van der Waals surface area (Å²) in [6.45, 7) is 1.62. The summed E-state index contributed by atoms with van der Waals surface area (Å²) in [4.78, 5) is 10.6. The fraction of sp³-hybridized carbons (Fsp3) is 0.500. The molecule has 118 valence electrons. The van der Waals surface area contributed by atoms with Gasteiger partial charge < -0.3 is 0 Å². The molecule has 3 heterocycles. The molecular formula is C14H19N5O2S. The summed E-state index contributed by atoms with van der Waals surface area (Å²) in [5.74, 6) is 0. The van der Waals surface area contributed by atoms with Gasteiger partial charge in [0.1, 0.15) is 11.2 Å². The number of piperidine rings is 1. The maximum atomic E-state index is 11.9. The quantitative estimate of drug-likeness (QED) is 0.913. The lowest BCUT2D eigenvalue weighted by molar-refractivity contribution is 0.135. The highest BCUT2D eigenvalue weighted by Gasteiger charge is 2.30. The van der Waals surface area contributed by atoms with Gasteiger partial charge in [-0.15, -0.1) is 0 Å². The molecule has 0 radical (unpaired) electrons. The highest BCUT2D eigenvalue weighted by Crippen LogP contribution is 2.34. The Morgan fingerprint density at radius 2 is 2.05 bits per heavy atom. The molecule has 0 amide bonds. The van der Waals surface area contributed by atoms with Crippen molar-refractivity contribution < 1.29 is 8.42 Å². The summed E-state index contributed by atoms with van der Waals surface area (Å²) in [5.41, 5.74) is 1.72. The Balaban J connectivity index is 1.89. The van der Waals surface area contributed by atoms with E-state index in [0.29, 0.717) is 17.1 Å². The summed E-state index contributed by atoms with van der Waals surface area (Å²) in [5, 5.41) is 6.85. The van der Waals surface area contributed by atoms with E-state index < -0.39 is 9.84 Å². The molecule has 1 aliphatic rings. The van der Waals surface area contributed by atoms with E-state index >= 15 is 0 Å². The van der Waals surface area contributed by atoms with Crippen molar-refractivity contribution >= 4 is 9.84 Å². The van der Waals surface area contributed by atoms with Crippen LogP contribution in [0.5, 0.6) is 0 Å². The molecule has 22 heavy (non-hydrogen) atoms. The maximum absolute atomic E-state index is 11.9. The van der Waals surface area contributed by atoms with Gasteiger partial charge in [-0.05, 0) is 19.4 Å². The predicted octanol–water partition coefficient (Wildman–Crippen LogP) is 1.33. The van der Waals surface area contributed by atoms with Crippen LogP contribution in [-0.2, 0) is 16.4 Å². The summed E-state index contributed by atoms with van der Waals surface area (Å²) in [6.07, 6.45) is 10.8. The normalized spacial score (nSPS) is 20.1. The molecule has 0 aromatic carbocycles. The molecule has 7 nitrogen and oxygen atoms in total. The molecule has 2 aromatic rings. The Labute approximate surface area is 129 Å². The molecule has 1 saturated heterocycles. The molecule has 0 spiro atoms. The van der Waals surface area contributed by atoms with Gasteiger partial charge in [-0.3, -0.25) is 10.00 Å².